The molecule has 2 N–H and O–H groups in total. The Kier molecular flexibility index (Phi) is 7.14. The summed E-state index contributed by atoms with van der Waals surface area (Å²) in [6.07, 6.45) is 0. The predicted molar refractivity (Wildman–Crippen MR) is 117 cm³/mol. The highest BCUT2D eigenvalue weighted by molar-refractivity contribution is 7.98. The molecule has 3 rings (SSSR count). The van der Waals surface area contributed by atoms with Crippen LogP contribution >= 0.6 is 34.7 Å². The van der Waals surface area contributed by atoms with Gasteiger partial charge in [-0.25, -0.2) is 0 Å². The molecule has 0 atom stereocenters. The lowest BCUT2D eigenvalue weighted by atomic mass is 10.2. The molecule has 0 unspecified atom stereocenters. The van der Waals surface area contributed by atoms with Gasteiger partial charge in [-0.15, -0.1) is 23.1 Å². The van der Waals surface area contributed by atoms with Crippen LogP contribution in [0.15, 0.2) is 64.9 Å². The van der Waals surface area contributed by atoms with Crippen molar-refractivity contribution in [2.75, 3.05) is 11.9 Å². The summed E-state index contributed by atoms with van der Waals surface area (Å²) in [6.45, 7) is 1.79. The van der Waals surface area contributed by atoms with Crippen molar-refractivity contribution in [2.45, 2.75) is 17.6 Å². The minimum atomic E-state index is -0.331. The van der Waals surface area contributed by atoms with Gasteiger partial charge < -0.3 is 10.6 Å². The number of carbonyl (C=O) groups excluding carboxylic acids is 2. The number of hydrogen-bond acceptors (Lipinski definition) is 4. The van der Waals surface area contributed by atoms with E-state index in [0.717, 1.165) is 16.2 Å². The van der Waals surface area contributed by atoms with Crippen molar-refractivity contribution < 1.29 is 9.59 Å². The zero-order valence-electron chi connectivity index (χ0n) is 15.2. The Hall–Kier alpha value is -2.28. The maximum atomic E-state index is 12.6. The van der Waals surface area contributed by atoms with E-state index >= 15 is 0 Å². The van der Waals surface area contributed by atoms with Gasteiger partial charge in [-0.1, -0.05) is 35.9 Å². The molecule has 7 heteroatoms. The lowest BCUT2D eigenvalue weighted by Gasteiger charge is -2.11. The van der Waals surface area contributed by atoms with Crippen LogP contribution in [0, 0.1) is 6.92 Å². The highest BCUT2D eigenvalue weighted by Crippen LogP contribution is 2.28. The first-order chi connectivity index (χ1) is 13.5. The molecule has 0 fully saturated rings. The number of halogens is 1. The third-order valence-corrected chi connectivity index (χ3v) is 6.38. The van der Waals surface area contributed by atoms with Gasteiger partial charge in [0.25, 0.3) is 5.91 Å². The highest BCUT2D eigenvalue weighted by atomic mass is 35.5. The number of anilines is 1. The van der Waals surface area contributed by atoms with Crippen molar-refractivity contribution in [1.82, 2.24) is 5.32 Å². The van der Waals surface area contributed by atoms with Crippen LogP contribution in [0.2, 0.25) is 5.02 Å². The third kappa shape index (κ3) is 5.61. The van der Waals surface area contributed by atoms with Gasteiger partial charge in [0, 0.05) is 15.5 Å². The average molecular weight is 431 g/mol. The van der Waals surface area contributed by atoms with Crippen molar-refractivity contribution in [1.29, 1.82) is 0 Å². The van der Waals surface area contributed by atoms with E-state index in [1.807, 2.05) is 42.6 Å². The number of aryl methyl sites for hydroxylation is 1. The first-order valence-corrected chi connectivity index (χ1v) is 10.9. The number of rotatable bonds is 7. The van der Waals surface area contributed by atoms with Gasteiger partial charge >= 0.3 is 0 Å². The number of thioether (sulfide) groups is 1. The van der Waals surface area contributed by atoms with Crippen LogP contribution in [0.3, 0.4) is 0 Å². The Labute approximate surface area is 177 Å². The second-order valence-corrected chi connectivity index (χ2v) is 8.53. The van der Waals surface area contributed by atoms with E-state index in [1.54, 1.807) is 41.3 Å². The topological polar surface area (TPSA) is 58.2 Å². The summed E-state index contributed by atoms with van der Waals surface area (Å²) in [5.74, 6) is 0.191. The van der Waals surface area contributed by atoms with E-state index in [4.69, 9.17) is 11.6 Å². The Morgan fingerprint density at radius 2 is 1.93 bits per heavy atom. The molecule has 0 spiro atoms. The van der Waals surface area contributed by atoms with Gasteiger partial charge in [0.1, 0.15) is 0 Å². The Bertz CT molecular complexity index is 974. The van der Waals surface area contributed by atoms with Crippen molar-refractivity contribution in [3.8, 4) is 0 Å². The molecule has 144 valence electrons. The molecule has 0 aliphatic rings. The summed E-state index contributed by atoms with van der Waals surface area (Å²) in [5.41, 5.74) is 2.09. The molecule has 0 saturated carbocycles. The molecule has 1 aromatic heterocycles. The smallest absolute Gasteiger partial charge is 0.252 e. The van der Waals surface area contributed by atoms with Crippen LogP contribution in [-0.4, -0.2) is 18.4 Å². The number of nitrogens with one attached hydrogen (secondary N) is 2. The molecule has 0 radical (unpaired) electrons. The van der Waals surface area contributed by atoms with Gasteiger partial charge in [-0.2, -0.15) is 0 Å². The van der Waals surface area contributed by atoms with E-state index in [0.29, 0.717) is 16.3 Å². The van der Waals surface area contributed by atoms with E-state index < -0.39 is 0 Å². The summed E-state index contributed by atoms with van der Waals surface area (Å²) < 4.78 is 0. The van der Waals surface area contributed by atoms with Gasteiger partial charge in [-0.05, 0) is 48.2 Å². The molecular formula is C21H19ClN2O2S2. The van der Waals surface area contributed by atoms with Crippen LogP contribution in [-0.2, 0) is 10.5 Å². The van der Waals surface area contributed by atoms with Crippen LogP contribution in [0.25, 0.3) is 0 Å². The number of carbonyl (C=O) groups is 2. The molecule has 0 bridgehead atoms. The van der Waals surface area contributed by atoms with Crippen LogP contribution in [0.1, 0.15) is 20.8 Å². The molecule has 2 amide bonds. The van der Waals surface area contributed by atoms with E-state index in [9.17, 15) is 9.59 Å². The van der Waals surface area contributed by atoms with E-state index in [-0.39, 0.29) is 18.4 Å². The van der Waals surface area contributed by atoms with Gasteiger partial charge in [-0.3, -0.25) is 9.59 Å². The summed E-state index contributed by atoms with van der Waals surface area (Å²) in [6, 6.07) is 16.9. The van der Waals surface area contributed by atoms with Crippen LogP contribution in [0.4, 0.5) is 5.69 Å². The van der Waals surface area contributed by atoms with Gasteiger partial charge in [0.2, 0.25) is 5.91 Å². The molecule has 2 aromatic carbocycles. The molecule has 28 heavy (non-hydrogen) atoms. The Balaban J connectivity index is 1.57. The maximum Gasteiger partial charge on any atom is 0.252 e. The summed E-state index contributed by atoms with van der Waals surface area (Å²) >= 11 is 9.42. The van der Waals surface area contributed by atoms with Crippen molar-refractivity contribution in [3.63, 3.8) is 0 Å². The third-order valence-electron chi connectivity index (χ3n) is 3.89. The van der Waals surface area contributed by atoms with E-state index in [2.05, 4.69) is 16.7 Å². The minimum absolute atomic E-state index is 0.132. The number of amides is 2. The molecule has 0 aliphatic carbocycles. The largest absolute Gasteiger partial charge is 0.343 e. The SMILES string of the molecule is Cc1ccc(NC(=O)CNC(=O)c2ccccc2SCc2cccs2)c(Cl)c1. The lowest BCUT2D eigenvalue weighted by Crippen LogP contribution is -2.33. The second-order valence-electron chi connectivity index (χ2n) is 6.08. The molecule has 4 nitrogen and oxygen atoms in total. The summed E-state index contributed by atoms with van der Waals surface area (Å²) in [5, 5.41) is 7.89. The fourth-order valence-electron chi connectivity index (χ4n) is 2.50. The Morgan fingerprint density at radius 1 is 1.11 bits per heavy atom. The summed E-state index contributed by atoms with van der Waals surface area (Å²) in [4.78, 5) is 26.9. The maximum absolute atomic E-state index is 12.6. The monoisotopic (exact) mass is 430 g/mol. The number of thiophene rings is 1. The fraction of sp³-hybridized carbons (Fsp3) is 0.143. The van der Waals surface area contributed by atoms with Crippen molar-refractivity contribution in [3.05, 3.63) is 81.0 Å². The molecule has 0 aliphatic heterocycles. The standard InChI is InChI=1S/C21H19ClN2O2S2/c1-14-8-9-18(17(22)11-14)24-20(25)12-23-21(26)16-6-2-3-7-19(16)28-13-15-5-4-10-27-15/h2-11H,12-13H2,1H3,(H,23,26)(H,24,25). The summed E-state index contributed by atoms with van der Waals surface area (Å²) in [7, 11) is 0. The lowest BCUT2D eigenvalue weighted by molar-refractivity contribution is -0.115. The Morgan fingerprint density at radius 3 is 2.68 bits per heavy atom. The minimum Gasteiger partial charge on any atom is -0.343 e. The average Bonchev–Trinajstić information content (AvgIpc) is 3.20. The first-order valence-electron chi connectivity index (χ1n) is 8.61. The number of benzene rings is 2. The number of hydrogen-bond donors (Lipinski definition) is 2. The van der Waals surface area contributed by atoms with Crippen LogP contribution < -0.4 is 10.6 Å². The van der Waals surface area contributed by atoms with Gasteiger partial charge in [0.15, 0.2) is 0 Å². The zero-order valence-corrected chi connectivity index (χ0v) is 17.6. The van der Waals surface area contributed by atoms with Gasteiger partial charge in [0.05, 0.1) is 22.8 Å². The van der Waals surface area contributed by atoms with Crippen molar-refractivity contribution >= 4 is 52.2 Å². The molecule has 0 saturated heterocycles. The molecule has 1 heterocycles. The quantitative estimate of drug-likeness (QED) is 0.495. The predicted octanol–water partition coefficient (Wildman–Crippen LogP) is 5.37. The fourth-order valence-corrected chi connectivity index (χ4v) is 4.60. The second kappa shape index (κ2) is 9.78. The normalized spacial score (nSPS) is 10.5. The zero-order chi connectivity index (χ0) is 19.9. The molecular weight excluding hydrogens is 412 g/mol. The van der Waals surface area contributed by atoms with Crippen LogP contribution in [0.5, 0.6) is 0 Å². The van der Waals surface area contributed by atoms with Crippen molar-refractivity contribution in [2.24, 2.45) is 0 Å². The highest BCUT2D eigenvalue weighted by Gasteiger charge is 2.13. The first kappa shape index (κ1) is 20.5. The molecule has 3 aromatic rings. The van der Waals surface area contributed by atoms with E-state index in [1.165, 1.54) is 4.88 Å².